The molecule has 5 nitrogen and oxygen atoms in total. The van der Waals surface area contributed by atoms with E-state index in [0.29, 0.717) is 12.8 Å². The van der Waals surface area contributed by atoms with E-state index in [1.807, 2.05) is 6.92 Å². The van der Waals surface area contributed by atoms with E-state index < -0.39 is 23.7 Å². The molecule has 1 aromatic rings. The number of rotatable bonds is 6. The Morgan fingerprint density at radius 2 is 2.15 bits per heavy atom. The molecule has 0 bridgehead atoms. The van der Waals surface area contributed by atoms with Crippen LogP contribution >= 0.6 is 11.6 Å². The van der Waals surface area contributed by atoms with E-state index in [1.54, 1.807) is 0 Å². The molecule has 0 spiro atoms. The Hall–Kier alpha value is -1.82. The Bertz CT molecular complexity index is 497. The minimum atomic E-state index is -0.971. The molecule has 0 fully saturated rings. The molecule has 0 aliphatic rings. The quantitative estimate of drug-likeness (QED) is 0.755. The molecule has 0 saturated heterocycles. The number of hydrogen-bond acceptors (Lipinski definition) is 2. The number of carbonyl (C=O) groups is 2. The molecule has 7 heteroatoms. The van der Waals surface area contributed by atoms with E-state index in [9.17, 15) is 14.0 Å². The molecule has 1 rings (SSSR count). The number of halogens is 2. The third-order valence-corrected chi connectivity index (χ3v) is 2.99. The van der Waals surface area contributed by atoms with Crippen LogP contribution in [0.1, 0.15) is 19.8 Å². The lowest BCUT2D eigenvalue weighted by atomic mass is 10.0. The van der Waals surface area contributed by atoms with Crippen molar-refractivity contribution in [3.63, 3.8) is 0 Å². The predicted molar refractivity (Wildman–Crippen MR) is 74.5 cm³/mol. The van der Waals surface area contributed by atoms with Gasteiger partial charge in [0.05, 0.1) is 16.6 Å². The average molecular weight is 303 g/mol. The van der Waals surface area contributed by atoms with Crippen LogP contribution in [0.25, 0.3) is 0 Å². The smallest absolute Gasteiger partial charge is 0.319 e. The Morgan fingerprint density at radius 1 is 1.45 bits per heavy atom. The number of nitrogens with one attached hydrogen (secondary N) is 2. The van der Waals surface area contributed by atoms with Gasteiger partial charge in [-0.2, -0.15) is 0 Å². The van der Waals surface area contributed by atoms with Gasteiger partial charge in [-0.15, -0.1) is 0 Å². The molecule has 20 heavy (non-hydrogen) atoms. The molecule has 3 N–H and O–H groups in total. The first-order valence-corrected chi connectivity index (χ1v) is 6.55. The van der Waals surface area contributed by atoms with Crippen molar-refractivity contribution >= 4 is 29.3 Å². The molecule has 1 aromatic carbocycles. The average Bonchev–Trinajstić information content (AvgIpc) is 2.39. The number of carboxylic acid groups (broad SMARTS) is 1. The standard InChI is InChI=1S/C13H16ClFN2O3/c1-2-4-8(12(18)19)7-16-13(20)17-10-6-3-5-9(14)11(10)15/h3,5-6,8H,2,4,7H2,1H3,(H,18,19)(H2,16,17,20). The lowest BCUT2D eigenvalue weighted by Gasteiger charge is -2.13. The number of carbonyl (C=O) groups excluding carboxylic acids is 1. The maximum Gasteiger partial charge on any atom is 0.319 e. The molecule has 2 amide bonds. The number of aliphatic carboxylic acids is 1. The highest BCUT2D eigenvalue weighted by molar-refractivity contribution is 6.31. The van der Waals surface area contributed by atoms with Crippen molar-refractivity contribution in [3.05, 3.63) is 29.0 Å². The summed E-state index contributed by atoms with van der Waals surface area (Å²) in [5.74, 6) is -2.36. The van der Waals surface area contributed by atoms with Crippen LogP contribution in [0, 0.1) is 11.7 Å². The van der Waals surface area contributed by atoms with Crippen molar-refractivity contribution in [3.8, 4) is 0 Å². The third-order valence-electron chi connectivity index (χ3n) is 2.70. The maximum atomic E-state index is 13.5. The highest BCUT2D eigenvalue weighted by Gasteiger charge is 2.17. The molecule has 1 atom stereocenters. The molecule has 0 aromatic heterocycles. The number of benzene rings is 1. The van der Waals surface area contributed by atoms with Crippen LogP contribution in [0.2, 0.25) is 5.02 Å². The highest BCUT2D eigenvalue weighted by atomic mass is 35.5. The molecule has 110 valence electrons. The van der Waals surface area contributed by atoms with Gasteiger partial charge in [0.1, 0.15) is 0 Å². The lowest BCUT2D eigenvalue weighted by molar-refractivity contribution is -0.141. The first kappa shape index (κ1) is 16.2. The maximum absolute atomic E-state index is 13.5. The first-order valence-electron chi connectivity index (χ1n) is 6.17. The monoisotopic (exact) mass is 302 g/mol. The predicted octanol–water partition coefficient (Wildman–Crippen LogP) is 3.10. The Morgan fingerprint density at radius 3 is 2.75 bits per heavy atom. The van der Waals surface area contributed by atoms with Gasteiger partial charge in [0.25, 0.3) is 0 Å². The zero-order chi connectivity index (χ0) is 15.1. The SMILES string of the molecule is CCCC(CNC(=O)Nc1cccc(Cl)c1F)C(=O)O. The van der Waals surface area contributed by atoms with Crippen molar-refractivity contribution in [2.75, 3.05) is 11.9 Å². The van der Waals surface area contributed by atoms with Gasteiger partial charge in [-0.3, -0.25) is 4.79 Å². The second kappa shape index (κ2) is 7.69. The van der Waals surface area contributed by atoms with E-state index >= 15 is 0 Å². The number of carboxylic acids is 1. The summed E-state index contributed by atoms with van der Waals surface area (Å²) in [5, 5.41) is 13.5. The topological polar surface area (TPSA) is 78.4 Å². The van der Waals surface area contributed by atoms with Crippen LogP contribution in [-0.4, -0.2) is 23.7 Å². The Kier molecular flexibility index (Phi) is 6.24. The summed E-state index contributed by atoms with van der Waals surface area (Å²) < 4.78 is 13.5. The van der Waals surface area contributed by atoms with Gasteiger partial charge in [-0.25, -0.2) is 9.18 Å². The normalized spacial score (nSPS) is 11.8. The van der Waals surface area contributed by atoms with Gasteiger partial charge in [-0.1, -0.05) is 31.0 Å². The molecule has 0 heterocycles. The van der Waals surface area contributed by atoms with Gasteiger partial charge in [0.15, 0.2) is 5.82 Å². The second-order valence-corrected chi connectivity index (χ2v) is 4.67. The fourth-order valence-electron chi connectivity index (χ4n) is 1.64. The number of anilines is 1. The molecule has 0 radical (unpaired) electrons. The van der Waals surface area contributed by atoms with E-state index in [2.05, 4.69) is 10.6 Å². The molecular weight excluding hydrogens is 287 g/mol. The third kappa shape index (κ3) is 4.70. The summed E-state index contributed by atoms with van der Waals surface area (Å²) in [6.45, 7) is 1.84. The van der Waals surface area contributed by atoms with Gasteiger partial charge < -0.3 is 15.7 Å². The lowest BCUT2D eigenvalue weighted by Crippen LogP contribution is -2.35. The minimum Gasteiger partial charge on any atom is -0.481 e. The largest absolute Gasteiger partial charge is 0.481 e. The van der Waals surface area contributed by atoms with Crippen molar-refractivity contribution in [1.82, 2.24) is 5.32 Å². The molecular formula is C13H16ClFN2O3. The van der Waals surface area contributed by atoms with Gasteiger partial charge in [0.2, 0.25) is 0 Å². The van der Waals surface area contributed by atoms with E-state index in [4.69, 9.17) is 16.7 Å². The fraction of sp³-hybridized carbons (Fsp3) is 0.385. The van der Waals surface area contributed by atoms with Crippen molar-refractivity contribution in [2.45, 2.75) is 19.8 Å². The number of amides is 2. The fourth-order valence-corrected chi connectivity index (χ4v) is 1.82. The summed E-state index contributed by atoms with van der Waals surface area (Å²) in [4.78, 5) is 22.5. The molecule has 0 saturated carbocycles. The van der Waals surface area contributed by atoms with Crippen LogP contribution in [0.4, 0.5) is 14.9 Å². The molecule has 1 unspecified atom stereocenters. The van der Waals surface area contributed by atoms with Crippen LogP contribution in [-0.2, 0) is 4.79 Å². The van der Waals surface area contributed by atoms with Crippen molar-refractivity contribution < 1.29 is 19.1 Å². The van der Waals surface area contributed by atoms with E-state index in [1.165, 1.54) is 18.2 Å². The minimum absolute atomic E-state index is 0.0167. The van der Waals surface area contributed by atoms with E-state index in [0.717, 1.165) is 0 Å². The second-order valence-electron chi connectivity index (χ2n) is 4.26. The Balaban J connectivity index is 2.55. The molecule has 0 aliphatic carbocycles. The first-order chi connectivity index (χ1) is 9.45. The van der Waals surface area contributed by atoms with Gasteiger partial charge in [-0.05, 0) is 18.6 Å². The zero-order valence-electron chi connectivity index (χ0n) is 11.0. The van der Waals surface area contributed by atoms with Crippen LogP contribution in [0.5, 0.6) is 0 Å². The summed E-state index contributed by atoms with van der Waals surface area (Å²) in [6.07, 6.45) is 1.16. The van der Waals surface area contributed by atoms with Crippen molar-refractivity contribution in [2.24, 2.45) is 5.92 Å². The van der Waals surface area contributed by atoms with Crippen LogP contribution in [0.3, 0.4) is 0 Å². The zero-order valence-corrected chi connectivity index (χ0v) is 11.7. The van der Waals surface area contributed by atoms with Crippen LogP contribution < -0.4 is 10.6 Å². The van der Waals surface area contributed by atoms with Crippen LogP contribution in [0.15, 0.2) is 18.2 Å². The summed E-state index contributed by atoms with van der Waals surface area (Å²) >= 11 is 5.58. The Labute approximate surface area is 121 Å². The van der Waals surface area contributed by atoms with Crippen molar-refractivity contribution in [1.29, 1.82) is 0 Å². The number of urea groups is 1. The highest BCUT2D eigenvalue weighted by Crippen LogP contribution is 2.21. The summed E-state index contributed by atoms with van der Waals surface area (Å²) in [7, 11) is 0. The van der Waals surface area contributed by atoms with Gasteiger partial charge in [0, 0.05) is 6.54 Å². The number of hydrogen-bond donors (Lipinski definition) is 3. The molecule has 0 aliphatic heterocycles. The summed E-state index contributed by atoms with van der Waals surface area (Å²) in [5.41, 5.74) is -0.0580. The summed E-state index contributed by atoms with van der Waals surface area (Å²) in [6, 6.07) is 3.55. The van der Waals surface area contributed by atoms with E-state index in [-0.39, 0.29) is 17.3 Å². The van der Waals surface area contributed by atoms with Gasteiger partial charge >= 0.3 is 12.0 Å².